The second kappa shape index (κ2) is 7.68. The molecule has 0 saturated carbocycles. The third kappa shape index (κ3) is 3.71. The number of hydrogen-bond donors (Lipinski definition) is 1. The monoisotopic (exact) mass is 327 g/mol. The Morgan fingerprint density at radius 3 is 2.92 bits per heavy atom. The highest BCUT2D eigenvalue weighted by Crippen LogP contribution is 2.32. The lowest BCUT2D eigenvalue weighted by Gasteiger charge is -2.13. The van der Waals surface area contributed by atoms with Crippen LogP contribution in [0, 0.1) is 0 Å². The minimum atomic E-state index is -0.660. The summed E-state index contributed by atoms with van der Waals surface area (Å²) >= 11 is 0. The molecule has 2 aromatic rings. The molecular formula is C18H22BNO4. The summed E-state index contributed by atoms with van der Waals surface area (Å²) in [4.78, 5) is 4.61. The van der Waals surface area contributed by atoms with E-state index in [2.05, 4.69) is 24.0 Å². The van der Waals surface area contributed by atoms with Crippen LogP contribution in [0.1, 0.15) is 24.8 Å². The van der Waals surface area contributed by atoms with Crippen LogP contribution in [0.4, 0.5) is 0 Å². The highest BCUT2D eigenvalue weighted by atomic mass is 16.5. The normalized spacial score (nSPS) is 17.1. The SMILES string of the molecule is CCCOc1nc(-c2cccc([C@H]3COB(O)C3)c2)ccc1OC. The van der Waals surface area contributed by atoms with Crippen molar-refractivity contribution in [2.45, 2.75) is 25.6 Å². The van der Waals surface area contributed by atoms with Crippen molar-refractivity contribution in [1.82, 2.24) is 4.98 Å². The van der Waals surface area contributed by atoms with E-state index in [1.54, 1.807) is 7.11 Å². The van der Waals surface area contributed by atoms with Gasteiger partial charge in [0.2, 0.25) is 0 Å². The molecule has 0 unspecified atom stereocenters. The number of hydrogen-bond acceptors (Lipinski definition) is 5. The summed E-state index contributed by atoms with van der Waals surface area (Å²) in [5.74, 6) is 1.37. The Morgan fingerprint density at radius 2 is 2.21 bits per heavy atom. The lowest BCUT2D eigenvalue weighted by atomic mass is 9.79. The number of aromatic nitrogens is 1. The molecule has 1 atom stereocenters. The van der Waals surface area contributed by atoms with Crippen molar-refractivity contribution >= 4 is 7.12 Å². The smallest absolute Gasteiger partial charge is 0.454 e. The maximum atomic E-state index is 9.56. The number of rotatable bonds is 6. The van der Waals surface area contributed by atoms with Crippen LogP contribution >= 0.6 is 0 Å². The van der Waals surface area contributed by atoms with Crippen LogP contribution < -0.4 is 9.47 Å². The average Bonchev–Trinajstić information content (AvgIpc) is 3.06. The lowest BCUT2D eigenvalue weighted by Crippen LogP contribution is -2.07. The van der Waals surface area contributed by atoms with Crippen LogP contribution in [0.3, 0.4) is 0 Å². The van der Waals surface area contributed by atoms with Crippen LogP contribution in [0.2, 0.25) is 6.32 Å². The van der Waals surface area contributed by atoms with Crippen molar-refractivity contribution in [3.63, 3.8) is 0 Å². The highest BCUT2D eigenvalue weighted by molar-refractivity contribution is 6.43. The second-order valence-corrected chi connectivity index (χ2v) is 5.90. The molecule has 0 bridgehead atoms. The Balaban J connectivity index is 1.88. The first kappa shape index (κ1) is 16.8. The maximum Gasteiger partial charge on any atom is 0.454 e. The van der Waals surface area contributed by atoms with Gasteiger partial charge in [-0.3, -0.25) is 0 Å². The second-order valence-electron chi connectivity index (χ2n) is 5.90. The van der Waals surface area contributed by atoms with E-state index in [1.807, 2.05) is 24.3 Å². The molecule has 0 amide bonds. The van der Waals surface area contributed by atoms with Gasteiger partial charge >= 0.3 is 7.12 Å². The van der Waals surface area contributed by atoms with E-state index < -0.39 is 7.12 Å². The molecule has 1 aliphatic heterocycles. The molecule has 3 rings (SSSR count). The molecule has 5 nitrogen and oxygen atoms in total. The molecule has 1 N–H and O–H groups in total. The largest absolute Gasteiger partial charge is 0.491 e. The van der Waals surface area contributed by atoms with Gasteiger partial charge < -0.3 is 19.2 Å². The van der Waals surface area contributed by atoms with Crippen molar-refractivity contribution in [3.8, 4) is 22.9 Å². The maximum absolute atomic E-state index is 9.56. The van der Waals surface area contributed by atoms with Gasteiger partial charge in [-0.25, -0.2) is 4.98 Å². The van der Waals surface area contributed by atoms with Crippen LogP contribution in [-0.4, -0.2) is 37.4 Å². The van der Waals surface area contributed by atoms with Crippen LogP contribution in [-0.2, 0) is 4.65 Å². The number of benzene rings is 1. The van der Waals surface area contributed by atoms with Crippen LogP contribution in [0.5, 0.6) is 11.6 Å². The number of nitrogens with zero attached hydrogens (tertiary/aromatic N) is 1. The van der Waals surface area contributed by atoms with Crippen molar-refractivity contribution in [2.24, 2.45) is 0 Å². The standard InChI is InChI=1S/C18H22BNO4/c1-3-9-23-18-17(22-2)8-7-16(20-18)14-6-4-5-13(10-14)15-11-19(21)24-12-15/h4-8,10,15,21H,3,9,11-12H2,1-2H3/t15-/m1/s1. The number of pyridine rings is 1. The summed E-state index contributed by atoms with van der Waals surface area (Å²) in [6, 6.07) is 12.0. The van der Waals surface area contributed by atoms with E-state index in [0.717, 1.165) is 23.2 Å². The molecule has 126 valence electrons. The van der Waals surface area contributed by atoms with E-state index in [9.17, 15) is 5.02 Å². The fourth-order valence-corrected chi connectivity index (χ4v) is 2.84. The Hall–Kier alpha value is -2.05. The average molecular weight is 327 g/mol. The molecule has 0 aliphatic carbocycles. The van der Waals surface area contributed by atoms with Gasteiger partial charge in [-0.2, -0.15) is 0 Å². The Kier molecular flexibility index (Phi) is 5.38. The minimum Gasteiger partial charge on any atom is -0.491 e. The first-order valence-corrected chi connectivity index (χ1v) is 8.29. The number of ether oxygens (including phenoxy) is 2. The van der Waals surface area contributed by atoms with Crippen molar-refractivity contribution in [3.05, 3.63) is 42.0 Å². The van der Waals surface area contributed by atoms with Gasteiger partial charge in [0.05, 0.1) is 19.4 Å². The Morgan fingerprint density at radius 1 is 1.33 bits per heavy atom. The molecule has 1 aliphatic rings. The van der Waals surface area contributed by atoms with E-state index in [4.69, 9.17) is 14.1 Å². The summed E-state index contributed by atoms with van der Waals surface area (Å²) in [5.41, 5.74) is 3.00. The summed E-state index contributed by atoms with van der Waals surface area (Å²) in [7, 11) is 0.952. The van der Waals surface area contributed by atoms with Crippen molar-refractivity contribution < 1.29 is 19.2 Å². The summed E-state index contributed by atoms with van der Waals surface area (Å²) in [6.07, 6.45) is 1.54. The molecule has 0 radical (unpaired) electrons. The summed E-state index contributed by atoms with van der Waals surface area (Å²) in [6.45, 7) is 3.20. The van der Waals surface area contributed by atoms with Gasteiger partial charge in [-0.15, -0.1) is 0 Å². The molecular weight excluding hydrogens is 305 g/mol. The van der Waals surface area contributed by atoms with Crippen molar-refractivity contribution in [2.75, 3.05) is 20.3 Å². The fourth-order valence-electron chi connectivity index (χ4n) is 2.84. The van der Waals surface area contributed by atoms with E-state index in [-0.39, 0.29) is 5.92 Å². The van der Waals surface area contributed by atoms with E-state index in [1.165, 1.54) is 0 Å². The zero-order valence-corrected chi connectivity index (χ0v) is 14.1. The first-order valence-electron chi connectivity index (χ1n) is 8.29. The molecule has 6 heteroatoms. The number of methoxy groups -OCH3 is 1. The van der Waals surface area contributed by atoms with Gasteiger partial charge in [-0.05, 0) is 36.5 Å². The molecule has 1 fully saturated rings. The van der Waals surface area contributed by atoms with Gasteiger partial charge in [0, 0.05) is 18.1 Å². The van der Waals surface area contributed by atoms with E-state index in [0.29, 0.717) is 31.2 Å². The van der Waals surface area contributed by atoms with Gasteiger partial charge in [0.1, 0.15) is 0 Å². The third-order valence-corrected chi connectivity index (χ3v) is 4.12. The Labute approximate surface area is 142 Å². The summed E-state index contributed by atoms with van der Waals surface area (Å²) < 4.78 is 16.3. The summed E-state index contributed by atoms with van der Waals surface area (Å²) in [5, 5.41) is 9.56. The topological polar surface area (TPSA) is 60.8 Å². The molecule has 2 heterocycles. The lowest BCUT2D eigenvalue weighted by molar-refractivity contribution is 0.283. The molecule has 1 saturated heterocycles. The molecule has 1 aromatic heterocycles. The van der Waals surface area contributed by atoms with Gasteiger partial charge in [0.15, 0.2) is 5.75 Å². The predicted octanol–water partition coefficient (Wildman–Crippen LogP) is 3.14. The third-order valence-electron chi connectivity index (χ3n) is 4.12. The minimum absolute atomic E-state index is 0.217. The molecule has 0 spiro atoms. The zero-order chi connectivity index (χ0) is 16.9. The first-order chi connectivity index (χ1) is 11.7. The fraction of sp³-hybridized carbons (Fsp3) is 0.389. The van der Waals surface area contributed by atoms with Crippen LogP contribution in [0.25, 0.3) is 11.3 Å². The Bertz CT molecular complexity index is 694. The zero-order valence-electron chi connectivity index (χ0n) is 14.1. The van der Waals surface area contributed by atoms with E-state index >= 15 is 0 Å². The quantitative estimate of drug-likeness (QED) is 0.826. The van der Waals surface area contributed by atoms with Gasteiger partial charge in [0.25, 0.3) is 5.88 Å². The predicted molar refractivity (Wildman–Crippen MR) is 93.5 cm³/mol. The van der Waals surface area contributed by atoms with Gasteiger partial charge in [-0.1, -0.05) is 25.1 Å². The molecule has 24 heavy (non-hydrogen) atoms. The van der Waals surface area contributed by atoms with Crippen molar-refractivity contribution in [1.29, 1.82) is 0 Å². The molecule has 1 aromatic carbocycles. The van der Waals surface area contributed by atoms with Crippen LogP contribution in [0.15, 0.2) is 36.4 Å². The highest BCUT2D eigenvalue weighted by Gasteiger charge is 2.29.